The van der Waals surface area contributed by atoms with E-state index in [4.69, 9.17) is 4.12 Å². The summed E-state index contributed by atoms with van der Waals surface area (Å²) in [5.74, 6) is 1.11. The van der Waals surface area contributed by atoms with Gasteiger partial charge in [-0.05, 0) is 66.0 Å². The number of pyridine rings is 1. The minimum atomic E-state index is -1.58. The van der Waals surface area contributed by atoms with E-state index in [1.54, 1.807) is 0 Å². The fourth-order valence-corrected chi connectivity index (χ4v) is 12.3. The molecule has 7 heteroatoms. The van der Waals surface area contributed by atoms with Gasteiger partial charge >= 0.3 is 0 Å². The second kappa shape index (κ2) is 13.1. The first-order valence-corrected chi connectivity index (χ1v) is 16.9. The summed E-state index contributed by atoms with van der Waals surface area (Å²) in [4.78, 5) is 4.42. The maximum absolute atomic E-state index is 5.97. The second-order valence-corrected chi connectivity index (χ2v) is 20.1. The molecule has 1 heterocycles. The largest absolute Gasteiger partial charge is 0.449 e. The Morgan fingerprint density at radius 3 is 1.74 bits per heavy atom. The average molecular weight is 468 g/mol. The zero-order chi connectivity index (χ0) is 20.5. The minimum absolute atomic E-state index is 0. The molecule has 0 radical (unpaired) electrons. The summed E-state index contributed by atoms with van der Waals surface area (Å²) in [6.45, 7) is 25.4. The Hall–Kier alpha value is -0.227. The maximum atomic E-state index is 5.97. The Morgan fingerprint density at radius 2 is 1.44 bits per heavy atom. The Balaban J connectivity index is 0. The van der Waals surface area contributed by atoms with Crippen molar-refractivity contribution in [3.8, 4) is 0 Å². The van der Waals surface area contributed by atoms with Gasteiger partial charge in [0.25, 0.3) is 0 Å². The quantitative estimate of drug-likeness (QED) is 0.330. The van der Waals surface area contributed by atoms with Gasteiger partial charge in [-0.25, -0.2) is 9.65 Å². The van der Waals surface area contributed by atoms with Crippen molar-refractivity contribution in [1.29, 1.82) is 0 Å². The van der Waals surface area contributed by atoms with Crippen molar-refractivity contribution in [2.45, 2.75) is 65.2 Å². The fraction of sp³-hybridized carbons (Fsp3) is 0.550. The first-order valence-electron chi connectivity index (χ1n) is 9.35. The molecule has 0 amide bonds. The van der Waals surface area contributed by atoms with Crippen molar-refractivity contribution in [1.82, 2.24) is 4.98 Å². The van der Waals surface area contributed by atoms with E-state index in [9.17, 15) is 0 Å². The molecule has 0 aromatic carbocycles. The molecule has 0 N–H and O–H groups in total. The predicted octanol–water partition coefficient (Wildman–Crippen LogP) is 6.32. The molecule has 0 aliphatic rings. The molecule has 0 aliphatic carbocycles. The van der Waals surface area contributed by atoms with E-state index in [0.29, 0.717) is 0 Å². The molecule has 0 saturated carbocycles. The molecule has 3 nitrogen and oxygen atoms in total. The zero-order valence-electron chi connectivity index (χ0n) is 18.7. The summed E-state index contributed by atoms with van der Waals surface area (Å²) in [7, 11) is -1.52. The summed E-state index contributed by atoms with van der Waals surface area (Å²) in [6, 6.07) is 6.11. The molecule has 0 saturated heterocycles. The van der Waals surface area contributed by atoms with E-state index in [1.807, 2.05) is 23.7 Å². The summed E-state index contributed by atoms with van der Waals surface area (Å²) in [5, 5.41) is 0. The molecule has 0 atom stereocenters. The van der Waals surface area contributed by atoms with Crippen LogP contribution >= 0.6 is 8.07 Å². The molecule has 0 fully saturated rings. The van der Waals surface area contributed by atoms with Crippen LogP contribution in [-0.2, 0) is 21.2 Å². The van der Waals surface area contributed by atoms with Crippen LogP contribution in [0.4, 0.5) is 5.82 Å². The van der Waals surface area contributed by atoms with E-state index < -0.39 is 24.7 Å². The third kappa shape index (κ3) is 11.4. The molecule has 1 aromatic heterocycles. The molecular weight excluding hydrogens is 427 g/mol. The number of nitrogens with zero attached hydrogens (tertiary/aromatic N) is 2. The number of hydrogen-bond donors (Lipinski definition) is 0. The van der Waals surface area contributed by atoms with Crippen LogP contribution < -0.4 is 4.67 Å². The number of anilines is 1. The average Bonchev–Trinajstić information content (AvgIpc) is 2.54. The summed E-state index contributed by atoms with van der Waals surface area (Å²) >= 11 is 0. The van der Waals surface area contributed by atoms with Crippen LogP contribution in [0.15, 0.2) is 49.0 Å². The van der Waals surface area contributed by atoms with Gasteiger partial charge in [0.1, 0.15) is 0 Å². The molecule has 156 valence electrons. The van der Waals surface area contributed by atoms with Crippen molar-refractivity contribution in [2.75, 3.05) is 11.7 Å². The van der Waals surface area contributed by atoms with Gasteiger partial charge in [0, 0.05) is 30.3 Å². The predicted molar refractivity (Wildman–Crippen MR) is 128 cm³/mol. The van der Waals surface area contributed by atoms with Gasteiger partial charge in [-0.2, -0.15) is 0 Å². The van der Waals surface area contributed by atoms with Gasteiger partial charge in [0.2, 0.25) is 0 Å². The zero-order valence-corrected chi connectivity index (χ0v) is 22.8. The van der Waals surface area contributed by atoms with Crippen LogP contribution in [-0.4, -0.2) is 40.0 Å². The van der Waals surface area contributed by atoms with E-state index in [-0.39, 0.29) is 17.1 Å². The van der Waals surface area contributed by atoms with E-state index in [2.05, 4.69) is 95.9 Å². The van der Waals surface area contributed by atoms with Crippen LogP contribution in [0.3, 0.4) is 0 Å². The van der Waals surface area contributed by atoms with Crippen molar-refractivity contribution < 1.29 is 21.2 Å². The summed E-state index contributed by atoms with van der Waals surface area (Å²) in [6.07, 6.45) is 1.87. The van der Waals surface area contributed by atoms with Gasteiger partial charge in [0.05, 0.1) is 19.4 Å². The number of aromatic nitrogens is 1. The van der Waals surface area contributed by atoms with Crippen LogP contribution in [0.1, 0.15) is 27.7 Å². The maximum Gasteiger partial charge on any atom is 0.198 e. The normalized spacial score (nSPS) is 11.6. The Bertz CT molecular complexity index is 528. The van der Waals surface area contributed by atoms with Crippen LogP contribution in [0.2, 0.25) is 26.2 Å². The van der Waals surface area contributed by atoms with Gasteiger partial charge in [0.15, 0.2) is 22.5 Å². The van der Waals surface area contributed by atoms with Gasteiger partial charge < -0.3 is 4.12 Å². The molecule has 0 bridgehead atoms. The molecule has 0 unspecified atom stereocenters. The van der Waals surface area contributed by atoms with E-state index >= 15 is 0 Å². The number of hydrogen-bond acceptors (Lipinski definition) is 3. The topological polar surface area (TPSA) is 25.4 Å². The van der Waals surface area contributed by atoms with Crippen molar-refractivity contribution >= 4 is 30.5 Å². The van der Waals surface area contributed by atoms with Crippen LogP contribution in [0, 0.1) is 0 Å². The van der Waals surface area contributed by atoms with Gasteiger partial charge in [-0.15, -0.1) is 13.2 Å². The third-order valence-corrected chi connectivity index (χ3v) is 13.6. The molecule has 27 heavy (non-hydrogen) atoms. The van der Waals surface area contributed by atoms with E-state index in [1.165, 1.54) is 0 Å². The number of rotatable bonds is 8. The summed E-state index contributed by atoms with van der Waals surface area (Å²) < 4.78 is 8.35. The third-order valence-electron chi connectivity index (χ3n) is 4.07. The SMILES string of the molecule is C=C[Si](C)(C)O[Si](C)(C)C=C.CC(C)[PH+](C(C)C)N(C)c1ccccn1.[Fe]. The van der Waals surface area contributed by atoms with Gasteiger partial charge in [-0.1, -0.05) is 17.5 Å². The smallest absolute Gasteiger partial charge is 0.198 e. The second-order valence-electron chi connectivity index (χ2n) is 8.20. The van der Waals surface area contributed by atoms with Gasteiger partial charge in [-0.3, -0.25) is 0 Å². The van der Waals surface area contributed by atoms with Crippen LogP contribution in [0.25, 0.3) is 0 Å². The minimum Gasteiger partial charge on any atom is -0.449 e. The Morgan fingerprint density at radius 1 is 1.00 bits per heavy atom. The van der Waals surface area contributed by atoms with Crippen molar-refractivity contribution in [3.05, 3.63) is 49.0 Å². The van der Waals surface area contributed by atoms with Crippen molar-refractivity contribution in [3.63, 3.8) is 0 Å². The molecule has 0 aliphatic heterocycles. The van der Waals surface area contributed by atoms with Crippen LogP contribution in [0.5, 0.6) is 0 Å². The Labute approximate surface area is 182 Å². The molecule has 1 aromatic rings. The first-order chi connectivity index (χ1) is 11.9. The Kier molecular flexibility index (Phi) is 14.0. The van der Waals surface area contributed by atoms with Crippen molar-refractivity contribution in [2.24, 2.45) is 0 Å². The molecule has 1 rings (SSSR count). The monoisotopic (exact) mass is 467 g/mol. The summed E-state index contributed by atoms with van der Waals surface area (Å²) in [5.41, 5.74) is 5.40. The first kappa shape index (κ1) is 29.0. The molecule has 0 spiro atoms. The van der Waals surface area contributed by atoms with E-state index in [0.717, 1.165) is 17.1 Å². The standard InChI is InChI=1S/C12H21N2P.C8H18OSi2.Fe/c1-10(2)15(11(3)4)14(5)12-8-6-7-9-13-12;1-7-10(3,4)9-11(5,6)8-2;/h6-11H,1-5H3;7-8H,1-2H2,3-6H3;/p+1. The molecular formula is C20H40FeN2OPSi2+. The fourth-order valence-electron chi connectivity index (χ4n) is 2.89.